The van der Waals surface area contributed by atoms with Crippen LogP contribution in [-0.4, -0.2) is 33.2 Å². The second-order valence-electron chi connectivity index (χ2n) is 7.86. The molecule has 1 atom stereocenters. The maximum absolute atomic E-state index is 13.5. The Morgan fingerprint density at radius 3 is 2.09 bits per heavy atom. The van der Waals surface area contributed by atoms with Crippen LogP contribution in [0.5, 0.6) is 0 Å². The van der Waals surface area contributed by atoms with Gasteiger partial charge in [-0.3, -0.25) is 4.72 Å². The molecule has 0 saturated heterocycles. The molecule has 1 unspecified atom stereocenters. The van der Waals surface area contributed by atoms with Gasteiger partial charge < -0.3 is 0 Å². The Balaban J connectivity index is 1.73. The first-order valence-corrected chi connectivity index (χ1v) is 13.4. The topological polar surface area (TPSA) is 95.9 Å². The van der Waals surface area contributed by atoms with Gasteiger partial charge in [0.2, 0.25) is 10.0 Å². The molecule has 1 aliphatic heterocycles. The van der Waals surface area contributed by atoms with Crippen LogP contribution in [0.15, 0.2) is 82.8 Å². The Labute approximate surface area is 192 Å². The summed E-state index contributed by atoms with van der Waals surface area (Å²) in [5.74, 6) is -0.417. The first-order valence-electron chi connectivity index (χ1n) is 10.1. The van der Waals surface area contributed by atoms with E-state index in [0.29, 0.717) is 22.5 Å². The van der Waals surface area contributed by atoms with Gasteiger partial charge in [-0.2, -0.15) is 17.9 Å². The summed E-state index contributed by atoms with van der Waals surface area (Å²) in [7, 11) is -7.39. The largest absolute Gasteiger partial charge is 0.284 e. The molecule has 0 saturated carbocycles. The maximum Gasteiger partial charge on any atom is 0.279 e. The zero-order valence-electron chi connectivity index (χ0n) is 17.9. The molecule has 0 aliphatic carbocycles. The summed E-state index contributed by atoms with van der Waals surface area (Å²) in [6, 6.07) is 18.0. The van der Waals surface area contributed by atoms with Crippen molar-refractivity contribution in [3.8, 4) is 0 Å². The van der Waals surface area contributed by atoms with Gasteiger partial charge in [-0.1, -0.05) is 42.0 Å². The molecule has 0 radical (unpaired) electrons. The molecule has 10 heteroatoms. The lowest BCUT2D eigenvalue weighted by atomic mass is 9.99. The Kier molecular flexibility index (Phi) is 5.98. The van der Waals surface area contributed by atoms with Gasteiger partial charge >= 0.3 is 0 Å². The van der Waals surface area contributed by atoms with E-state index in [1.807, 2.05) is 6.92 Å². The van der Waals surface area contributed by atoms with E-state index in [-0.39, 0.29) is 11.3 Å². The standard InChI is InChI=1S/C23H22FN3O4S2/c1-16-3-13-21(14-4-16)33(30,31)27-23(18-5-9-19(24)10-6-18)15-22(25-27)17-7-11-20(12-8-17)26-32(2,28)29/h3-14,23,26H,15H2,1-2H3. The zero-order valence-corrected chi connectivity index (χ0v) is 19.6. The van der Waals surface area contributed by atoms with Crippen molar-refractivity contribution >= 4 is 31.4 Å². The Hall–Kier alpha value is -3.24. The van der Waals surface area contributed by atoms with Crippen LogP contribution >= 0.6 is 0 Å². The third-order valence-corrected chi connectivity index (χ3v) is 7.52. The van der Waals surface area contributed by atoms with Crippen molar-refractivity contribution in [1.82, 2.24) is 4.41 Å². The normalized spacial score (nSPS) is 16.5. The van der Waals surface area contributed by atoms with Gasteiger partial charge in [0.05, 0.1) is 22.9 Å². The molecule has 0 spiro atoms. The average Bonchev–Trinajstić information content (AvgIpc) is 3.20. The van der Waals surface area contributed by atoms with E-state index in [2.05, 4.69) is 9.82 Å². The predicted octanol–water partition coefficient (Wildman–Crippen LogP) is 4.05. The highest BCUT2D eigenvalue weighted by atomic mass is 32.2. The molecule has 1 aliphatic rings. The number of rotatable bonds is 6. The summed E-state index contributed by atoms with van der Waals surface area (Å²) in [6.07, 6.45) is 1.33. The van der Waals surface area contributed by atoms with Crippen molar-refractivity contribution in [3.05, 3.63) is 95.3 Å². The van der Waals surface area contributed by atoms with Crippen LogP contribution in [0.3, 0.4) is 0 Å². The van der Waals surface area contributed by atoms with Crippen LogP contribution in [-0.2, 0) is 20.0 Å². The van der Waals surface area contributed by atoms with Crippen LogP contribution in [0, 0.1) is 12.7 Å². The molecule has 0 fully saturated rings. The number of halogens is 1. The van der Waals surface area contributed by atoms with Gasteiger partial charge in [-0.15, -0.1) is 0 Å². The van der Waals surface area contributed by atoms with E-state index in [1.165, 1.54) is 24.3 Å². The van der Waals surface area contributed by atoms with Crippen molar-refractivity contribution in [3.63, 3.8) is 0 Å². The zero-order chi connectivity index (χ0) is 23.8. The molecule has 0 amide bonds. The minimum absolute atomic E-state index is 0.109. The SMILES string of the molecule is Cc1ccc(S(=O)(=O)N2N=C(c3ccc(NS(C)(=O)=O)cc3)CC2c2ccc(F)cc2)cc1. The van der Waals surface area contributed by atoms with Gasteiger partial charge in [0, 0.05) is 12.1 Å². The van der Waals surface area contributed by atoms with Gasteiger partial charge in [-0.25, -0.2) is 12.8 Å². The third-order valence-electron chi connectivity index (χ3n) is 5.21. The predicted molar refractivity (Wildman–Crippen MR) is 125 cm³/mol. The van der Waals surface area contributed by atoms with E-state index < -0.39 is 31.9 Å². The number of aryl methyl sites for hydroxylation is 1. The molecule has 7 nitrogen and oxygen atoms in total. The van der Waals surface area contributed by atoms with Crippen LogP contribution < -0.4 is 4.72 Å². The highest BCUT2D eigenvalue weighted by molar-refractivity contribution is 7.92. The number of sulfonamides is 2. The Morgan fingerprint density at radius 2 is 1.52 bits per heavy atom. The molecular formula is C23H22FN3O4S2. The van der Waals surface area contributed by atoms with E-state index >= 15 is 0 Å². The minimum Gasteiger partial charge on any atom is -0.284 e. The van der Waals surface area contributed by atoms with E-state index in [0.717, 1.165) is 16.2 Å². The number of hydrogen-bond acceptors (Lipinski definition) is 5. The molecule has 3 aromatic carbocycles. The lowest BCUT2D eigenvalue weighted by Gasteiger charge is -2.23. The van der Waals surface area contributed by atoms with Crippen LogP contribution in [0.1, 0.15) is 29.2 Å². The van der Waals surface area contributed by atoms with Crippen molar-refractivity contribution < 1.29 is 21.2 Å². The first kappa shape index (κ1) is 22.9. The fourth-order valence-corrected chi connectivity index (χ4v) is 5.58. The lowest BCUT2D eigenvalue weighted by molar-refractivity contribution is 0.371. The highest BCUT2D eigenvalue weighted by Crippen LogP contribution is 2.37. The summed E-state index contributed by atoms with van der Waals surface area (Å²) in [6.45, 7) is 1.87. The van der Waals surface area contributed by atoms with Crippen LogP contribution in [0.25, 0.3) is 0 Å². The van der Waals surface area contributed by atoms with Gasteiger partial charge in [0.1, 0.15) is 5.82 Å². The number of nitrogens with zero attached hydrogens (tertiary/aromatic N) is 2. The summed E-state index contributed by atoms with van der Waals surface area (Å²) in [5.41, 5.74) is 3.10. The quantitative estimate of drug-likeness (QED) is 0.568. The fourth-order valence-electron chi connectivity index (χ4n) is 3.58. The average molecular weight is 488 g/mol. The second-order valence-corrected chi connectivity index (χ2v) is 11.4. The van der Waals surface area contributed by atoms with Gasteiger partial charge in [0.15, 0.2) is 0 Å². The number of benzene rings is 3. The van der Waals surface area contributed by atoms with Crippen LogP contribution in [0.4, 0.5) is 10.1 Å². The summed E-state index contributed by atoms with van der Waals surface area (Å²) in [4.78, 5) is 0.109. The van der Waals surface area contributed by atoms with Gasteiger partial charge in [0.25, 0.3) is 10.0 Å². The summed E-state index contributed by atoms with van der Waals surface area (Å²) < 4.78 is 66.7. The molecule has 0 aromatic heterocycles. The van der Waals surface area contributed by atoms with E-state index in [1.54, 1.807) is 48.5 Å². The number of hydrazone groups is 1. The molecular weight excluding hydrogens is 465 g/mol. The number of anilines is 1. The Bertz CT molecular complexity index is 1400. The van der Waals surface area contributed by atoms with Gasteiger partial charge in [-0.05, 0) is 54.4 Å². The molecule has 1 heterocycles. The first-order chi connectivity index (χ1) is 15.5. The monoisotopic (exact) mass is 487 g/mol. The van der Waals surface area contributed by atoms with Crippen molar-refractivity contribution in [2.24, 2.45) is 5.10 Å². The highest BCUT2D eigenvalue weighted by Gasteiger charge is 2.37. The number of hydrogen-bond donors (Lipinski definition) is 1. The second kappa shape index (κ2) is 8.60. The lowest BCUT2D eigenvalue weighted by Crippen LogP contribution is -2.27. The van der Waals surface area contributed by atoms with Crippen molar-refractivity contribution in [2.45, 2.75) is 24.3 Å². The van der Waals surface area contributed by atoms with E-state index in [9.17, 15) is 21.2 Å². The van der Waals surface area contributed by atoms with E-state index in [4.69, 9.17) is 0 Å². The fraction of sp³-hybridized carbons (Fsp3) is 0.174. The molecule has 3 aromatic rings. The smallest absolute Gasteiger partial charge is 0.279 e. The third kappa shape index (κ3) is 5.07. The summed E-state index contributed by atoms with van der Waals surface area (Å²) >= 11 is 0. The van der Waals surface area contributed by atoms with Crippen molar-refractivity contribution in [1.29, 1.82) is 0 Å². The Morgan fingerprint density at radius 1 is 0.909 bits per heavy atom. The molecule has 1 N–H and O–H groups in total. The molecule has 0 bridgehead atoms. The maximum atomic E-state index is 13.5. The molecule has 172 valence electrons. The molecule has 33 heavy (non-hydrogen) atoms. The number of nitrogens with one attached hydrogen (secondary N) is 1. The van der Waals surface area contributed by atoms with Crippen LogP contribution in [0.2, 0.25) is 0 Å². The summed E-state index contributed by atoms with van der Waals surface area (Å²) in [5, 5.41) is 4.44. The minimum atomic E-state index is -3.98. The van der Waals surface area contributed by atoms with Crippen molar-refractivity contribution in [2.75, 3.05) is 11.0 Å². The molecule has 4 rings (SSSR count).